The van der Waals surface area contributed by atoms with E-state index in [1.165, 1.54) is 6.07 Å². The van der Waals surface area contributed by atoms with Gasteiger partial charge < -0.3 is 4.98 Å². The molecule has 1 aromatic carbocycles. The van der Waals surface area contributed by atoms with Crippen LogP contribution in [0.1, 0.15) is 5.69 Å². The molecule has 0 saturated heterocycles. The van der Waals surface area contributed by atoms with Crippen molar-refractivity contribution in [2.24, 2.45) is 0 Å². The number of rotatable bonds is 1. The van der Waals surface area contributed by atoms with Crippen LogP contribution in [-0.2, 0) is 9.84 Å². The van der Waals surface area contributed by atoms with Crippen LogP contribution < -0.4 is 0 Å². The number of nitrogens with one attached hydrogen (secondary N) is 1. The van der Waals surface area contributed by atoms with Gasteiger partial charge in [0.15, 0.2) is 9.84 Å². The Hall–Kier alpha value is -1.36. The van der Waals surface area contributed by atoms with Crippen LogP contribution in [0.25, 0.3) is 10.9 Å². The Kier molecular flexibility index (Phi) is 2.08. The summed E-state index contributed by atoms with van der Waals surface area (Å²) in [5.74, 6) is -0.541. The largest absolute Gasteiger partial charge is 0.356 e. The summed E-state index contributed by atoms with van der Waals surface area (Å²) >= 11 is 0. The molecule has 0 aliphatic rings. The van der Waals surface area contributed by atoms with Crippen LogP contribution in [0, 0.1) is 12.7 Å². The molecule has 0 bridgehead atoms. The number of fused-ring (bicyclic) bond motifs is 1. The van der Waals surface area contributed by atoms with Gasteiger partial charge >= 0.3 is 0 Å². The molecule has 1 aromatic heterocycles. The van der Waals surface area contributed by atoms with Crippen LogP contribution in [0.15, 0.2) is 23.1 Å². The zero-order valence-electron chi connectivity index (χ0n) is 8.33. The Morgan fingerprint density at radius 2 is 1.93 bits per heavy atom. The maximum Gasteiger partial charge on any atom is 0.175 e. The summed E-state index contributed by atoms with van der Waals surface area (Å²) in [5, 5.41) is 0.577. The average molecular weight is 227 g/mol. The number of aryl methyl sites for hydroxylation is 1. The van der Waals surface area contributed by atoms with Crippen molar-refractivity contribution in [3.05, 3.63) is 29.7 Å². The van der Waals surface area contributed by atoms with Gasteiger partial charge in [0.25, 0.3) is 0 Å². The van der Waals surface area contributed by atoms with Crippen LogP contribution in [0.4, 0.5) is 4.39 Å². The highest BCUT2D eigenvalue weighted by Gasteiger charge is 2.12. The van der Waals surface area contributed by atoms with Gasteiger partial charge in [-0.15, -0.1) is 0 Å². The highest BCUT2D eigenvalue weighted by molar-refractivity contribution is 7.90. The van der Waals surface area contributed by atoms with Crippen LogP contribution in [0.5, 0.6) is 0 Å². The summed E-state index contributed by atoms with van der Waals surface area (Å²) in [4.78, 5) is 2.84. The predicted octanol–water partition coefficient (Wildman–Crippen LogP) is 2.02. The average Bonchev–Trinajstić information content (AvgIpc) is 2.44. The molecule has 0 unspecified atom stereocenters. The number of sulfone groups is 1. The molecule has 3 nitrogen and oxygen atoms in total. The molecular formula is C10H10FNO2S. The number of H-pyrrole nitrogens is 1. The first kappa shape index (κ1) is 10.2. The van der Waals surface area contributed by atoms with E-state index in [0.29, 0.717) is 10.9 Å². The van der Waals surface area contributed by atoms with Gasteiger partial charge in [-0.3, -0.25) is 0 Å². The number of halogens is 1. The fourth-order valence-corrected chi connectivity index (χ4v) is 2.19. The van der Waals surface area contributed by atoms with Crippen molar-refractivity contribution in [1.82, 2.24) is 4.98 Å². The smallest absolute Gasteiger partial charge is 0.175 e. The molecule has 1 heterocycles. The van der Waals surface area contributed by atoms with Gasteiger partial charge in [0.1, 0.15) is 5.82 Å². The summed E-state index contributed by atoms with van der Waals surface area (Å²) in [7, 11) is -3.36. The second-order valence-electron chi connectivity index (χ2n) is 3.59. The maximum absolute atomic E-state index is 13.5. The van der Waals surface area contributed by atoms with E-state index in [1.807, 2.05) is 0 Å². The Morgan fingerprint density at radius 3 is 2.53 bits per heavy atom. The SMILES string of the molecule is Cc1cc2cc(S(C)(=O)=O)cc(F)c2[nH]1. The van der Waals surface area contributed by atoms with E-state index in [1.54, 1.807) is 13.0 Å². The van der Waals surface area contributed by atoms with Crippen molar-refractivity contribution < 1.29 is 12.8 Å². The van der Waals surface area contributed by atoms with Gasteiger partial charge in [-0.1, -0.05) is 0 Å². The summed E-state index contributed by atoms with van der Waals surface area (Å²) in [6.45, 7) is 1.79. The number of hydrogen-bond donors (Lipinski definition) is 1. The highest BCUT2D eigenvalue weighted by atomic mass is 32.2. The van der Waals surface area contributed by atoms with Gasteiger partial charge in [0.2, 0.25) is 0 Å². The summed E-state index contributed by atoms with van der Waals surface area (Å²) < 4.78 is 36.0. The molecule has 0 spiro atoms. The Morgan fingerprint density at radius 1 is 1.27 bits per heavy atom. The zero-order chi connectivity index (χ0) is 11.2. The van der Waals surface area contributed by atoms with Gasteiger partial charge in [-0.2, -0.15) is 0 Å². The standard InChI is InChI=1S/C10H10FNO2S/c1-6-3-7-4-8(15(2,13)14)5-9(11)10(7)12-6/h3-5,12H,1-2H3. The fraction of sp³-hybridized carbons (Fsp3) is 0.200. The lowest BCUT2D eigenvalue weighted by Gasteiger charge is -1.99. The molecule has 0 atom stereocenters. The van der Waals surface area contributed by atoms with Crippen molar-refractivity contribution in [3.63, 3.8) is 0 Å². The third-order valence-corrected chi connectivity index (χ3v) is 3.31. The summed E-state index contributed by atoms with van der Waals surface area (Å²) in [6.07, 6.45) is 1.06. The molecule has 2 aromatic rings. The van der Waals surface area contributed by atoms with E-state index in [2.05, 4.69) is 4.98 Å². The minimum atomic E-state index is -3.36. The number of aromatic amines is 1. The van der Waals surface area contributed by atoms with Gasteiger partial charge in [0, 0.05) is 17.3 Å². The fourth-order valence-electron chi connectivity index (χ4n) is 1.53. The highest BCUT2D eigenvalue weighted by Crippen LogP contribution is 2.22. The third kappa shape index (κ3) is 1.74. The number of benzene rings is 1. The Labute approximate surface area is 86.8 Å². The lowest BCUT2D eigenvalue weighted by Crippen LogP contribution is -1.97. The summed E-state index contributed by atoms with van der Waals surface area (Å²) in [5.41, 5.74) is 1.15. The van der Waals surface area contributed by atoms with Crippen LogP contribution in [0.3, 0.4) is 0 Å². The molecule has 0 aliphatic heterocycles. The quantitative estimate of drug-likeness (QED) is 0.810. The van der Waals surface area contributed by atoms with Gasteiger partial charge in [-0.05, 0) is 25.1 Å². The second kappa shape index (κ2) is 3.06. The van der Waals surface area contributed by atoms with Crippen molar-refractivity contribution in [1.29, 1.82) is 0 Å². The molecule has 0 aliphatic carbocycles. The van der Waals surface area contributed by atoms with E-state index in [0.717, 1.165) is 18.0 Å². The first-order chi connectivity index (χ1) is 6.88. The minimum absolute atomic E-state index is 0.00602. The molecule has 1 N–H and O–H groups in total. The van der Waals surface area contributed by atoms with Crippen molar-refractivity contribution in [2.75, 3.05) is 6.26 Å². The first-order valence-corrected chi connectivity index (χ1v) is 6.26. The van der Waals surface area contributed by atoms with E-state index in [9.17, 15) is 12.8 Å². The number of aromatic nitrogens is 1. The number of hydrogen-bond acceptors (Lipinski definition) is 2. The maximum atomic E-state index is 13.5. The predicted molar refractivity (Wildman–Crippen MR) is 56.1 cm³/mol. The first-order valence-electron chi connectivity index (χ1n) is 4.37. The molecule has 80 valence electrons. The van der Waals surface area contributed by atoms with Crippen molar-refractivity contribution in [3.8, 4) is 0 Å². The summed E-state index contributed by atoms with van der Waals surface area (Å²) in [6, 6.07) is 4.22. The van der Waals surface area contributed by atoms with E-state index >= 15 is 0 Å². The molecular weight excluding hydrogens is 217 g/mol. The molecule has 15 heavy (non-hydrogen) atoms. The lowest BCUT2D eigenvalue weighted by molar-refractivity contribution is 0.598. The van der Waals surface area contributed by atoms with Gasteiger partial charge in [-0.25, -0.2) is 12.8 Å². The molecule has 0 saturated carbocycles. The molecule has 0 amide bonds. The third-order valence-electron chi connectivity index (χ3n) is 2.22. The normalized spacial score (nSPS) is 12.2. The van der Waals surface area contributed by atoms with Crippen LogP contribution in [0.2, 0.25) is 0 Å². The topological polar surface area (TPSA) is 49.9 Å². The van der Waals surface area contributed by atoms with Gasteiger partial charge in [0.05, 0.1) is 10.4 Å². The molecule has 2 rings (SSSR count). The van der Waals surface area contributed by atoms with Crippen LogP contribution >= 0.6 is 0 Å². The van der Waals surface area contributed by atoms with Crippen molar-refractivity contribution in [2.45, 2.75) is 11.8 Å². The Balaban J connectivity index is 2.84. The molecule has 0 radical (unpaired) electrons. The van der Waals surface area contributed by atoms with E-state index < -0.39 is 15.7 Å². The van der Waals surface area contributed by atoms with Crippen molar-refractivity contribution >= 4 is 20.7 Å². The second-order valence-corrected chi connectivity index (χ2v) is 5.61. The van der Waals surface area contributed by atoms with E-state index in [-0.39, 0.29) is 4.90 Å². The van der Waals surface area contributed by atoms with Crippen LogP contribution in [-0.4, -0.2) is 19.7 Å². The minimum Gasteiger partial charge on any atom is -0.356 e. The zero-order valence-corrected chi connectivity index (χ0v) is 9.15. The molecule has 5 heteroatoms. The Bertz CT molecular complexity index is 628. The monoisotopic (exact) mass is 227 g/mol. The lowest BCUT2D eigenvalue weighted by atomic mass is 10.2. The molecule has 0 fully saturated rings. The van der Waals surface area contributed by atoms with E-state index in [4.69, 9.17) is 0 Å².